The number of hydrogen-bond donors (Lipinski definition) is 2. The van der Waals surface area contributed by atoms with E-state index in [4.69, 9.17) is 4.74 Å². The summed E-state index contributed by atoms with van der Waals surface area (Å²) in [5.41, 5.74) is 0.717. The molecule has 0 radical (unpaired) electrons. The van der Waals surface area contributed by atoms with Crippen LogP contribution in [0, 0.1) is 11.8 Å². The number of alkyl halides is 3. The number of hydrogen-bond acceptors (Lipinski definition) is 9. The van der Waals surface area contributed by atoms with Crippen molar-refractivity contribution in [3.05, 3.63) is 57.7 Å². The average Bonchev–Trinajstić information content (AvgIpc) is 3.31. The highest BCUT2D eigenvalue weighted by molar-refractivity contribution is 7.13. The smallest absolute Gasteiger partial charge is 0.406 e. The molecule has 37 heavy (non-hydrogen) atoms. The number of aromatic nitrogens is 4. The summed E-state index contributed by atoms with van der Waals surface area (Å²) in [5, 5.41) is 21.8. The third-order valence-corrected chi connectivity index (χ3v) is 5.34. The molecule has 194 valence electrons. The predicted octanol–water partition coefficient (Wildman–Crippen LogP) is 2.77. The Morgan fingerprint density at radius 3 is 2.68 bits per heavy atom. The van der Waals surface area contributed by atoms with Gasteiger partial charge in [0.2, 0.25) is 10.9 Å². The number of rotatable bonds is 10. The van der Waals surface area contributed by atoms with Gasteiger partial charge in [-0.25, -0.2) is 0 Å². The molecule has 10 nitrogen and oxygen atoms in total. The summed E-state index contributed by atoms with van der Waals surface area (Å²) in [4.78, 5) is 24.1. The van der Waals surface area contributed by atoms with E-state index in [0.717, 1.165) is 12.1 Å². The maximum absolute atomic E-state index is 12.4. The second kappa shape index (κ2) is 13.3. The van der Waals surface area contributed by atoms with Gasteiger partial charge >= 0.3 is 6.36 Å². The van der Waals surface area contributed by atoms with Gasteiger partial charge in [0.15, 0.2) is 5.82 Å². The van der Waals surface area contributed by atoms with Gasteiger partial charge in [-0.1, -0.05) is 29.4 Å². The average molecular weight is 535 g/mol. The molecule has 0 aliphatic rings. The van der Waals surface area contributed by atoms with E-state index in [9.17, 15) is 22.8 Å². The zero-order valence-electron chi connectivity index (χ0n) is 19.5. The summed E-state index contributed by atoms with van der Waals surface area (Å²) in [6.45, 7) is 0.787. The lowest BCUT2D eigenvalue weighted by Crippen LogP contribution is -2.26. The molecule has 3 rings (SSSR count). The topological polar surface area (TPSA) is 128 Å². The summed E-state index contributed by atoms with van der Waals surface area (Å²) in [7, 11) is 1.54. The third-order valence-electron chi connectivity index (χ3n) is 4.36. The molecular weight excluding hydrogens is 513 g/mol. The predicted molar refractivity (Wildman–Crippen MR) is 127 cm³/mol. The van der Waals surface area contributed by atoms with Crippen molar-refractivity contribution in [3.8, 4) is 17.6 Å². The molecule has 1 aromatic carbocycles. The maximum atomic E-state index is 12.4. The fraction of sp³-hybridized carbons (Fsp3) is 0.304. The lowest BCUT2D eigenvalue weighted by atomic mass is 10.1. The van der Waals surface area contributed by atoms with Crippen LogP contribution in [0.2, 0.25) is 0 Å². The van der Waals surface area contributed by atoms with Gasteiger partial charge in [-0.15, -0.1) is 33.6 Å². The molecule has 3 aromatic rings. The van der Waals surface area contributed by atoms with E-state index in [-0.39, 0.29) is 23.2 Å². The molecule has 0 aliphatic carbocycles. The van der Waals surface area contributed by atoms with Crippen LogP contribution >= 0.6 is 11.3 Å². The van der Waals surface area contributed by atoms with Crippen LogP contribution in [0.3, 0.4) is 0 Å². The summed E-state index contributed by atoms with van der Waals surface area (Å²) >= 11 is 1.19. The highest BCUT2D eigenvalue weighted by Crippen LogP contribution is 2.23. The van der Waals surface area contributed by atoms with Crippen LogP contribution in [-0.2, 0) is 22.4 Å². The molecule has 2 aromatic heterocycles. The minimum absolute atomic E-state index is 0.170. The minimum Gasteiger partial charge on any atom is -0.406 e. The molecule has 2 amide bonds. The van der Waals surface area contributed by atoms with Crippen LogP contribution < -0.4 is 15.4 Å². The number of nitrogens with zero attached hydrogens (tertiary/aromatic N) is 4. The van der Waals surface area contributed by atoms with Crippen LogP contribution in [0.5, 0.6) is 5.75 Å². The van der Waals surface area contributed by atoms with Gasteiger partial charge in [0.25, 0.3) is 5.91 Å². The number of aryl methyl sites for hydroxylation is 1. The van der Waals surface area contributed by atoms with Crippen LogP contribution in [0.4, 0.5) is 19.0 Å². The number of halogens is 3. The zero-order valence-corrected chi connectivity index (χ0v) is 20.3. The van der Waals surface area contributed by atoms with Crippen molar-refractivity contribution in [1.29, 1.82) is 0 Å². The number of carbonyl (C=O) groups is 2. The largest absolute Gasteiger partial charge is 0.573 e. The van der Waals surface area contributed by atoms with E-state index < -0.39 is 18.0 Å². The van der Waals surface area contributed by atoms with E-state index in [0.29, 0.717) is 42.3 Å². The van der Waals surface area contributed by atoms with Gasteiger partial charge in [0, 0.05) is 26.5 Å². The molecule has 0 saturated carbocycles. The van der Waals surface area contributed by atoms with E-state index >= 15 is 0 Å². The molecular formula is C23H21F3N6O4S. The Morgan fingerprint density at radius 1 is 1.11 bits per heavy atom. The standard InChI is InChI=1S/C23H21F3N6O4S/c1-35-12-11-27-21(34)22-32-31-20(37-22)8-3-2-6-16-9-10-18(30-29-16)28-19(33)14-15-5-4-7-17(13-15)36-23(24,25)26/h4-5,7,9-10,13H,3,8,11-12,14H2,1H3,(H,27,34)(H,28,30,33). The zero-order chi connectivity index (χ0) is 26.7. The van der Waals surface area contributed by atoms with Crippen LogP contribution in [0.1, 0.15) is 32.5 Å². The second-order valence-electron chi connectivity index (χ2n) is 7.28. The first-order valence-corrected chi connectivity index (χ1v) is 11.6. The first kappa shape index (κ1) is 27.5. The first-order valence-electron chi connectivity index (χ1n) is 10.8. The summed E-state index contributed by atoms with van der Waals surface area (Å²) in [5.74, 6) is 4.75. The van der Waals surface area contributed by atoms with Gasteiger partial charge in [-0.3, -0.25) is 9.59 Å². The molecule has 0 atom stereocenters. The molecule has 0 unspecified atom stereocenters. The van der Waals surface area contributed by atoms with Crippen LogP contribution in [0.25, 0.3) is 0 Å². The Labute approximate surface area is 213 Å². The molecule has 0 bridgehead atoms. The fourth-order valence-corrected chi connectivity index (χ4v) is 3.56. The quantitative estimate of drug-likeness (QED) is 0.300. The van der Waals surface area contributed by atoms with E-state index in [2.05, 4.69) is 47.6 Å². The molecule has 0 fully saturated rings. The number of carbonyl (C=O) groups excluding carboxylic acids is 2. The van der Waals surface area contributed by atoms with Gasteiger partial charge in [0.1, 0.15) is 16.5 Å². The number of methoxy groups -OCH3 is 1. The van der Waals surface area contributed by atoms with Crippen molar-refractivity contribution < 1.29 is 32.2 Å². The first-order chi connectivity index (χ1) is 17.7. The number of anilines is 1. The molecule has 0 spiro atoms. The molecule has 0 aliphatic heterocycles. The lowest BCUT2D eigenvalue weighted by Gasteiger charge is -2.10. The fourth-order valence-electron chi connectivity index (χ4n) is 2.80. The van der Waals surface area contributed by atoms with Crippen molar-refractivity contribution in [3.63, 3.8) is 0 Å². The Kier molecular flexibility index (Phi) is 9.87. The number of ether oxygens (including phenoxy) is 2. The monoisotopic (exact) mass is 534 g/mol. The third kappa shape index (κ3) is 9.82. The number of nitrogens with one attached hydrogen (secondary N) is 2. The molecule has 2 heterocycles. The van der Waals surface area contributed by atoms with Crippen molar-refractivity contribution in [1.82, 2.24) is 25.7 Å². The van der Waals surface area contributed by atoms with E-state index in [1.54, 1.807) is 13.2 Å². The van der Waals surface area contributed by atoms with Crippen molar-refractivity contribution >= 4 is 29.0 Å². The van der Waals surface area contributed by atoms with E-state index in [1.165, 1.54) is 29.5 Å². The van der Waals surface area contributed by atoms with Crippen molar-refractivity contribution in [2.24, 2.45) is 0 Å². The summed E-state index contributed by atoms with van der Waals surface area (Å²) < 4.78 is 45.8. The van der Waals surface area contributed by atoms with Gasteiger partial charge in [0.05, 0.1) is 13.0 Å². The maximum Gasteiger partial charge on any atom is 0.573 e. The van der Waals surface area contributed by atoms with Crippen molar-refractivity contribution in [2.75, 3.05) is 25.6 Å². The lowest BCUT2D eigenvalue weighted by molar-refractivity contribution is -0.274. The highest BCUT2D eigenvalue weighted by atomic mass is 32.1. The number of benzene rings is 1. The summed E-state index contributed by atoms with van der Waals surface area (Å²) in [6, 6.07) is 8.24. The SMILES string of the molecule is COCCNC(=O)c1nnc(CCC#Cc2ccc(NC(=O)Cc3cccc(OC(F)(F)F)c3)nn2)s1. The number of amides is 2. The minimum atomic E-state index is -4.81. The molecule has 0 saturated heterocycles. The summed E-state index contributed by atoms with van der Waals surface area (Å²) in [6.07, 6.45) is -4.03. The highest BCUT2D eigenvalue weighted by Gasteiger charge is 2.31. The Morgan fingerprint density at radius 2 is 1.95 bits per heavy atom. The van der Waals surface area contributed by atoms with Crippen LogP contribution in [-0.4, -0.2) is 58.8 Å². The second-order valence-corrected chi connectivity index (χ2v) is 8.34. The van der Waals surface area contributed by atoms with Gasteiger partial charge < -0.3 is 20.1 Å². The van der Waals surface area contributed by atoms with Gasteiger partial charge in [-0.05, 0) is 35.7 Å². The Balaban J connectivity index is 1.45. The van der Waals surface area contributed by atoms with Crippen molar-refractivity contribution in [2.45, 2.75) is 25.6 Å². The molecule has 2 N–H and O–H groups in total. The molecule has 14 heteroatoms. The van der Waals surface area contributed by atoms with Gasteiger partial charge in [-0.2, -0.15) is 0 Å². The normalized spacial score (nSPS) is 10.8. The van der Waals surface area contributed by atoms with E-state index in [1.807, 2.05) is 0 Å². The Bertz CT molecular complexity index is 1270. The van der Waals surface area contributed by atoms with Crippen LogP contribution in [0.15, 0.2) is 36.4 Å². The Hall–Kier alpha value is -4.09.